The molecule has 0 spiro atoms. The molecule has 32 heavy (non-hydrogen) atoms. The van der Waals surface area contributed by atoms with E-state index in [0.717, 1.165) is 0 Å². The van der Waals surface area contributed by atoms with Crippen molar-refractivity contribution in [3.63, 3.8) is 0 Å². The van der Waals surface area contributed by atoms with Gasteiger partial charge in [0.05, 0.1) is 34.8 Å². The van der Waals surface area contributed by atoms with Crippen LogP contribution < -0.4 is 10.3 Å². The number of ether oxygens (including phenoxy) is 1. The Morgan fingerprint density at radius 3 is 2.66 bits per heavy atom. The van der Waals surface area contributed by atoms with E-state index in [2.05, 4.69) is 15.3 Å². The molecule has 4 rings (SSSR count). The molecule has 0 radical (unpaired) electrons. The Morgan fingerprint density at radius 2 is 1.97 bits per heavy atom. The maximum atomic E-state index is 13.4. The van der Waals surface area contributed by atoms with Crippen LogP contribution in [0.3, 0.4) is 0 Å². The first-order valence-corrected chi connectivity index (χ1v) is 10.3. The van der Waals surface area contributed by atoms with E-state index in [1.807, 2.05) is 19.9 Å². The van der Waals surface area contributed by atoms with Gasteiger partial charge in [-0.2, -0.15) is 0 Å². The Labute approximate surface area is 195 Å². The largest absolute Gasteiger partial charge is 0.489 e. The van der Waals surface area contributed by atoms with Crippen LogP contribution in [0.25, 0.3) is 16.6 Å². The third kappa shape index (κ3) is 4.66. The number of aromatic nitrogens is 5. The summed E-state index contributed by atoms with van der Waals surface area (Å²) in [4.78, 5) is 30.8. The average Bonchev–Trinajstić information content (AvgIpc) is 3.27. The molecule has 0 aliphatic carbocycles. The number of carbonyl (C=O) groups is 1. The Morgan fingerprint density at radius 1 is 1.19 bits per heavy atom. The van der Waals surface area contributed by atoms with Crippen molar-refractivity contribution in [1.82, 2.24) is 24.5 Å². The lowest BCUT2D eigenvalue weighted by molar-refractivity contribution is 0.0967. The minimum Gasteiger partial charge on any atom is -0.489 e. The lowest BCUT2D eigenvalue weighted by atomic mass is 10.1. The zero-order valence-corrected chi connectivity index (χ0v) is 19.0. The van der Waals surface area contributed by atoms with E-state index in [-0.39, 0.29) is 42.3 Å². The third-order valence-electron chi connectivity index (χ3n) is 4.63. The van der Waals surface area contributed by atoms with E-state index in [1.165, 1.54) is 15.4 Å². The van der Waals surface area contributed by atoms with Crippen LogP contribution in [-0.2, 0) is 12.4 Å². The van der Waals surface area contributed by atoms with Crippen LogP contribution in [0, 0.1) is 0 Å². The summed E-state index contributed by atoms with van der Waals surface area (Å²) in [5.41, 5.74) is 1.10. The van der Waals surface area contributed by atoms with E-state index >= 15 is 0 Å². The van der Waals surface area contributed by atoms with Gasteiger partial charge >= 0.3 is 0 Å². The van der Waals surface area contributed by atoms with Crippen molar-refractivity contribution in [1.29, 1.82) is 0 Å². The first-order valence-electron chi connectivity index (χ1n) is 9.73. The second-order valence-corrected chi connectivity index (χ2v) is 7.46. The number of carbonyl (C=O) groups excluding carboxylic acids is 1. The van der Waals surface area contributed by atoms with E-state index in [0.29, 0.717) is 33.7 Å². The summed E-state index contributed by atoms with van der Waals surface area (Å²) in [6.45, 7) is 3.80. The van der Waals surface area contributed by atoms with Crippen LogP contribution in [-0.4, -0.2) is 36.4 Å². The summed E-state index contributed by atoms with van der Waals surface area (Å²) in [6.07, 6.45) is 2.98. The molecule has 0 aliphatic heterocycles. The lowest BCUT2D eigenvalue weighted by Crippen LogP contribution is -2.25. The number of para-hydroxylation sites is 1. The molecular formula is C22H21Cl2N5O3. The molecule has 0 N–H and O–H groups in total. The lowest BCUT2D eigenvalue weighted by Gasteiger charge is -2.19. The zero-order chi connectivity index (χ0) is 22.0. The maximum absolute atomic E-state index is 13.4. The van der Waals surface area contributed by atoms with E-state index in [9.17, 15) is 9.59 Å². The molecule has 8 nitrogen and oxygen atoms in total. The van der Waals surface area contributed by atoms with Crippen LogP contribution in [0.1, 0.15) is 30.0 Å². The van der Waals surface area contributed by atoms with Crippen LogP contribution in [0.15, 0.2) is 59.7 Å². The van der Waals surface area contributed by atoms with E-state index < -0.39 is 0 Å². The van der Waals surface area contributed by atoms with Crippen molar-refractivity contribution in [2.45, 2.75) is 32.4 Å². The summed E-state index contributed by atoms with van der Waals surface area (Å²) >= 11 is 6.16. The summed E-state index contributed by atoms with van der Waals surface area (Å²) in [6, 6.07) is 12.0. The first-order chi connectivity index (χ1) is 15.0. The first kappa shape index (κ1) is 23.4. The normalized spacial score (nSPS) is 10.9. The van der Waals surface area contributed by atoms with Crippen LogP contribution in [0.2, 0.25) is 0 Å². The minimum absolute atomic E-state index is 0. The number of alkyl halides is 1. The molecule has 0 fully saturated rings. The van der Waals surface area contributed by atoms with Crippen molar-refractivity contribution in [3.8, 4) is 11.4 Å². The van der Waals surface area contributed by atoms with E-state index in [4.69, 9.17) is 16.3 Å². The molecule has 10 heteroatoms. The highest BCUT2D eigenvalue weighted by atomic mass is 35.5. The Hall–Kier alpha value is -3.23. The number of nitrogens with zero attached hydrogens (tertiary/aromatic N) is 5. The summed E-state index contributed by atoms with van der Waals surface area (Å²) < 4.78 is 8.79. The predicted molar refractivity (Wildman–Crippen MR) is 124 cm³/mol. The molecule has 0 bridgehead atoms. The molecule has 166 valence electrons. The number of hydrogen-bond acceptors (Lipinski definition) is 6. The van der Waals surface area contributed by atoms with Gasteiger partial charge < -0.3 is 4.74 Å². The molecule has 0 atom stereocenters. The maximum Gasteiger partial charge on any atom is 0.266 e. The van der Waals surface area contributed by atoms with Gasteiger partial charge in [0.1, 0.15) is 18.1 Å². The van der Waals surface area contributed by atoms with Gasteiger partial charge in [0.25, 0.3) is 5.56 Å². The molecule has 4 aromatic rings. The van der Waals surface area contributed by atoms with Crippen molar-refractivity contribution in [3.05, 3.63) is 76.6 Å². The van der Waals surface area contributed by atoms with Gasteiger partial charge in [-0.3, -0.25) is 14.2 Å². The topological polar surface area (TPSA) is 91.9 Å². The highest BCUT2D eigenvalue weighted by molar-refractivity contribution is 6.16. The summed E-state index contributed by atoms with van der Waals surface area (Å²) in [5.74, 6) is 0.646. The van der Waals surface area contributed by atoms with Gasteiger partial charge in [0, 0.05) is 11.8 Å². The molecule has 0 aliphatic rings. The zero-order valence-electron chi connectivity index (χ0n) is 17.4. The smallest absolute Gasteiger partial charge is 0.266 e. The Kier molecular flexibility index (Phi) is 7.27. The fourth-order valence-electron chi connectivity index (χ4n) is 3.29. The molecular weight excluding hydrogens is 453 g/mol. The van der Waals surface area contributed by atoms with Gasteiger partial charge in [-0.15, -0.1) is 29.1 Å². The molecule has 0 saturated heterocycles. The van der Waals surface area contributed by atoms with Crippen LogP contribution in [0.5, 0.6) is 5.75 Å². The predicted octanol–water partition coefficient (Wildman–Crippen LogP) is 3.81. The number of benzene rings is 2. The van der Waals surface area contributed by atoms with Gasteiger partial charge in [-0.05, 0) is 44.2 Å². The summed E-state index contributed by atoms with van der Waals surface area (Å²) in [5, 5.41) is 8.00. The monoisotopic (exact) mass is 473 g/mol. The molecule has 2 aromatic carbocycles. The Bertz CT molecular complexity index is 1300. The molecule has 0 saturated carbocycles. The molecule has 2 aromatic heterocycles. The van der Waals surface area contributed by atoms with Crippen LogP contribution in [0.4, 0.5) is 0 Å². The molecule has 0 unspecified atom stereocenters. The van der Waals surface area contributed by atoms with Crippen molar-refractivity contribution < 1.29 is 9.53 Å². The third-order valence-corrected chi connectivity index (χ3v) is 4.87. The van der Waals surface area contributed by atoms with Crippen molar-refractivity contribution in [2.75, 3.05) is 0 Å². The second kappa shape index (κ2) is 9.93. The van der Waals surface area contributed by atoms with Gasteiger partial charge in [0.15, 0.2) is 5.78 Å². The number of rotatable bonds is 7. The van der Waals surface area contributed by atoms with Gasteiger partial charge in [-0.1, -0.05) is 17.3 Å². The minimum atomic E-state index is -0.282. The van der Waals surface area contributed by atoms with Crippen LogP contribution >= 0.6 is 24.0 Å². The van der Waals surface area contributed by atoms with Crippen molar-refractivity contribution >= 4 is 40.7 Å². The Balaban J connectivity index is 0.00000289. The number of halogens is 2. The number of hydrogen-bond donors (Lipinski definition) is 0. The fraction of sp³-hybridized carbons (Fsp3) is 0.227. The highest BCUT2D eigenvalue weighted by Crippen LogP contribution is 2.27. The highest BCUT2D eigenvalue weighted by Gasteiger charge is 2.19. The summed E-state index contributed by atoms with van der Waals surface area (Å²) in [7, 11) is 0. The standard InChI is InChI=1S/C22H20ClN5O3.ClH/c1-14(2)31-20-8-7-15(19(29)13-27-10-9-24-26-27)11-18(20)28-21(12-23)25-17-6-4-3-5-16(17)22(28)30;/h3-11,14H,12-13H2,1-2H3;1H. The SMILES string of the molecule is CC(C)Oc1ccc(C(=O)Cn2ccnn2)cc1-n1c(CCl)nc2ccccc2c1=O.Cl. The van der Waals surface area contributed by atoms with Gasteiger partial charge in [-0.25, -0.2) is 9.67 Å². The quantitative estimate of drug-likeness (QED) is 0.299. The average molecular weight is 474 g/mol. The molecule has 0 amide bonds. The fourth-order valence-corrected chi connectivity index (χ4v) is 3.47. The number of ketones is 1. The second-order valence-electron chi connectivity index (χ2n) is 7.19. The molecule has 2 heterocycles. The van der Waals surface area contributed by atoms with Gasteiger partial charge in [0.2, 0.25) is 0 Å². The van der Waals surface area contributed by atoms with E-state index in [1.54, 1.807) is 42.6 Å². The van der Waals surface area contributed by atoms with Crippen molar-refractivity contribution in [2.24, 2.45) is 0 Å². The number of Topliss-reactive ketones (excluding diaryl/α,β-unsaturated/α-hetero) is 1. The number of fused-ring (bicyclic) bond motifs is 1.